The Morgan fingerprint density at radius 3 is 2.68 bits per heavy atom. The molecule has 1 aromatic rings. The topological polar surface area (TPSA) is 34.6 Å². The summed E-state index contributed by atoms with van der Waals surface area (Å²) in [7, 11) is 1.92. The van der Waals surface area contributed by atoms with Crippen LogP contribution in [0.1, 0.15) is 20.3 Å². The molecule has 3 rings (SSSR count). The molecule has 0 N–H and O–H groups in total. The third kappa shape index (κ3) is 2.51. The molecule has 0 aromatic carbocycles. The average molecular weight is 316 g/mol. The summed E-state index contributed by atoms with van der Waals surface area (Å²) in [4.78, 5) is 6.14. The maximum atomic E-state index is 12.2. The normalized spacial score (nSPS) is 29.6. The van der Waals surface area contributed by atoms with Crippen LogP contribution in [0.4, 0.5) is 19.0 Å². The lowest BCUT2D eigenvalue weighted by atomic mass is 9.57. The van der Waals surface area contributed by atoms with Crippen molar-refractivity contribution in [3.8, 4) is 5.75 Å². The molecule has 2 heterocycles. The molecule has 4 nitrogen and oxygen atoms in total. The van der Waals surface area contributed by atoms with Gasteiger partial charge in [-0.15, -0.1) is 13.2 Å². The van der Waals surface area contributed by atoms with Crippen molar-refractivity contribution < 1.29 is 22.6 Å². The minimum Gasteiger partial charge on any atom is -0.404 e. The number of halogens is 3. The number of pyridine rings is 1. The fourth-order valence-corrected chi connectivity index (χ4v) is 4.00. The predicted octanol–water partition coefficient (Wildman–Crippen LogP) is 3.23. The summed E-state index contributed by atoms with van der Waals surface area (Å²) >= 11 is 0. The Bertz CT molecular complexity index is 545. The molecule has 22 heavy (non-hydrogen) atoms. The summed E-state index contributed by atoms with van der Waals surface area (Å²) in [5.74, 6) is 0.783. The SMILES string of the molecule is CN(c1ccc(OC(F)(F)F)cn1)C1C2CCOC2C1(C)C. The molecule has 1 aliphatic heterocycles. The number of hydrogen-bond donors (Lipinski definition) is 0. The molecule has 122 valence electrons. The van der Waals surface area contributed by atoms with Crippen molar-refractivity contribution in [3.63, 3.8) is 0 Å². The molecule has 1 aromatic heterocycles. The van der Waals surface area contributed by atoms with E-state index in [1.54, 1.807) is 6.07 Å². The highest BCUT2D eigenvalue weighted by atomic mass is 19.4. The maximum Gasteiger partial charge on any atom is 0.573 e. The van der Waals surface area contributed by atoms with E-state index in [1.165, 1.54) is 6.07 Å². The second-order valence-corrected chi connectivity index (χ2v) is 6.52. The van der Waals surface area contributed by atoms with E-state index in [2.05, 4.69) is 23.6 Å². The molecule has 2 fully saturated rings. The van der Waals surface area contributed by atoms with Crippen molar-refractivity contribution in [3.05, 3.63) is 18.3 Å². The summed E-state index contributed by atoms with van der Waals surface area (Å²) in [6.45, 7) is 5.08. The molecule has 3 unspecified atom stereocenters. The Morgan fingerprint density at radius 2 is 2.09 bits per heavy atom. The molecule has 2 aliphatic rings. The Labute approximate surface area is 127 Å². The van der Waals surface area contributed by atoms with Gasteiger partial charge < -0.3 is 14.4 Å². The van der Waals surface area contributed by atoms with E-state index in [0.29, 0.717) is 11.7 Å². The lowest BCUT2D eigenvalue weighted by molar-refractivity contribution is -0.274. The van der Waals surface area contributed by atoms with E-state index in [9.17, 15) is 13.2 Å². The fourth-order valence-electron chi connectivity index (χ4n) is 4.00. The van der Waals surface area contributed by atoms with Crippen LogP contribution in [-0.2, 0) is 4.74 Å². The summed E-state index contributed by atoms with van der Waals surface area (Å²) in [5.41, 5.74) is -0.00125. The number of hydrogen-bond acceptors (Lipinski definition) is 4. The molecule has 0 radical (unpaired) electrons. The Kier molecular flexibility index (Phi) is 3.51. The standard InChI is InChI=1S/C15H19F3N2O2/c1-14(2)12(10-6-7-21-13(10)14)20(3)11-5-4-9(8-19-11)22-15(16,17)18/h4-5,8,10,12-13H,6-7H2,1-3H3. The number of nitrogens with zero attached hydrogens (tertiary/aromatic N) is 2. The first-order valence-electron chi connectivity index (χ1n) is 7.26. The van der Waals surface area contributed by atoms with Crippen LogP contribution in [0.15, 0.2) is 18.3 Å². The second kappa shape index (κ2) is 5.01. The van der Waals surface area contributed by atoms with E-state index >= 15 is 0 Å². The lowest BCUT2D eigenvalue weighted by Gasteiger charge is -2.58. The monoisotopic (exact) mass is 316 g/mol. The summed E-state index contributed by atoms with van der Waals surface area (Å²) in [6.07, 6.45) is -2.32. The van der Waals surface area contributed by atoms with Crippen LogP contribution in [0, 0.1) is 11.3 Å². The Morgan fingerprint density at radius 1 is 1.36 bits per heavy atom. The van der Waals surface area contributed by atoms with Crippen molar-refractivity contribution in [1.29, 1.82) is 0 Å². The van der Waals surface area contributed by atoms with Gasteiger partial charge in [0.15, 0.2) is 0 Å². The zero-order valence-electron chi connectivity index (χ0n) is 12.7. The zero-order valence-corrected chi connectivity index (χ0v) is 12.7. The van der Waals surface area contributed by atoms with E-state index < -0.39 is 6.36 Å². The molecule has 1 saturated heterocycles. The van der Waals surface area contributed by atoms with Gasteiger partial charge in [-0.3, -0.25) is 0 Å². The minimum atomic E-state index is -4.69. The summed E-state index contributed by atoms with van der Waals surface area (Å²) in [6, 6.07) is 3.11. The van der Waals surface area contributed by atoms with Crippen LogP contribution in [0.2, 0.25) is 0 Å². The average Bonchev–Trinajstić information content (AvgIpc) is 2.83. The Hall–Kier alpha value is -1.50. The van der Waals surface area contributed by atoms with E-state index in [4.69, 9.17) is 4.74 Å². The van der Waals surface area contributed by atoms with Gasteiger partial charge in [-0.05, 0) is 18.6 Å². The van der Waals surface area contributed by atoms with Crippen molar-refractivity contribution >= 4 is 5.82 Å². The van der Waals surface area contributed by atoms with Crippen molar-refractivity contribution in [2.75, 3.05) is 18.6 Å². The van der Waals surface area contributed by atoms with Crippen LogP contribution in [0.25, 0.3) is 0 Å². The molecule has 1 aliphatic carbocycles. The third-order valence-corrected chi connectivity index (χ3v) is 4.77. The molecular weight excluding hydrogens is 297 g/mol. The largest absolute Gasteiger partial charge is 0.573 e. The minimum absolute atomic E-state index is 0.00125. The second-order valence-electron chi connectivity index (χ2n) is 6.52. The van der Waals surface area contributed by atoms with Gasteiger partial charge in [0.1, 0.15) is 11.6 Å². The Balaban J connectivity index is 1.74. The van der Waals surface area contributed by atoms with Gasteiger partial charge >= 0.3 is 6.36 Å². The first kappa shape index (κ1) is 15.4. The number of fused-ring (bicyclic) bond motifs is 1. The van der Waals surface area contributed by atoms with Gasteiger partial charge in [-0.25, -0.2) is 4.98 Å². The molecule has 3 atom stereocenters. The maximum absolute atomic E-state index is 12.2. The van der Waals surface area contributed by atoms with Gasteiger partial charge in [0.2, 0.25) is 0 Å². The molecule has 0 bridgehead atoms. The zero-order chi connectivity index (χ0) is 16.1. The highest BCUT2D eigenvalue weighted by Gasteiger charge is 2.61. The highest BCUT2D eigenvalue weighted by molar-refractivity contribution is 5.44. The van der Waals surface area contributed by atoms with Crippen LogP contribution >= 0.6 is 0 Å². The quantitative estimate of drug-likeness (QED) is 0.857. The molecule has 0 amide bonds. The van der Waals surface area contributed by atoms with Gasteiger partial charge in [0, 0.05) is 31.0 Å². The number of anilines is 1. The number of rotatable bonds is 3. The predicted molar refractivity (Wildman–Crippen MR) is 74.7 cm³/mol. The van der Waals surface area contributed by atoms with Crippen molar-refractivity contribution in [2.45, 2.75) is 38.8 Å². The number of ether oxygens (including phenoxy) is 2. The van der Waals surface area contributed by atoms with Gasteiger partial charge in [-0.1, -0.05) is 13.8 Å². The van der Waals surface area contributed by atoms with Gasteiger partial charge in [0.05, 0.1) is 12.3 Å². The molecule has 1 saturated carbocycles. The van der Waals surface area contributed by atoms with Gasteiger partial charge in [-0.2, -0.15) is 0 Å². The van der Waals surface area contributed by atoms with Crippen LogP contribution in [0.5, 0.6) is 5.75 Å². The van der Waals surface area contributed by atoms with Crippen molar-refractivity contribution in [2.24, 2.45) is 11.3 Å². The van der Waals surface area contributed by atoms with Gasteiger partial charge in [0.25, 0.3) is 0 Å². The first-order chi connectivity index (χ1) is 10.2. The van der Waals surface area contributed by atoms with E-state index in [0.717, 1.165) is 19.2 Å². The first-order valence-corrected chi connectivity index (χ1v) is 7.26. The number of alkyl halides is 3. The summed E-state index contributed by atoms with van der Waals surface area (Å²) in [5, 5.41) is 0. The van der Waals surface area contributed by atoms with Crippen molar-refractivity contribution in [1.82, 2.24) is 4.98 Å². The molecular formula is C15H19F3N2O2. The van der Waals surface area contributed by atoms with Crippen LogP contribution < -0.4 is 9.64 Å². The third-order valence-electron chi connectivity index (χ3n) is 4.77. The van der Waals surface area contributed by atoms with Crippen LogP contribution in [-0.4, -0.2) is 37.1 Å². The fraction of sp³-hybridized carbons (Fsp3) is 0.667. The van der Waals surface area contributed by atoms with Crippen LogP contribution in [0.3, 0.4) is 0 Å². The molecule has 0 spiro atoms. The lowest BCUT2D eigenvalue weighted by Crippen LogP contribution is -2.66. The highest BCUT2D eigenvalue weighted by Crippen LogP contribution is 2.54. The smallest absolute Gasteiger partial charge is 0.404 e. The molecule has 7 heteroatoms. The van der Waals surface area contributed by atoms with E-state index in [-0.39, 0.29) is 23.3 Å². The van der Waals surface area contributed by atoms with E-state index in [1.807, 2.05) is 11.9 Å². The summed E-state index contributed by atoms with van der Waals surface area (Å²) < 4.78 is 46.1. The number of aromatic nitrogens is 1.